The molecule has 4 aromatic rings. The van der Waals surface area contributed by atoms with Crippen LogP contribution in [-0.4, -0.2) is 37.1 Å². The molecule has 0 spiro atoms. The van der Waals surface area contributed by atoms with Gasteiger partial charge in [-0.3, -0.25) is 14.1 Å². The van der Waals surface area contributed by atoms with E-state index < -0.39 is 27.7 Å². The third-order valence-corrected chi connectivity index (χ3v) is 9.13. The largest absolute Gasteiger partial charge is 0.351 e. The zero-order valence-corrected chi connectivity index (χ0v) is 30.2. The number of allylic oxidation sites excluding steroid dienone is 1. The first kappa shape index (κ1) is 37.4. The Morgan fingerprint density at radius 2 is 1.48 bits per heavy atom. The van der Waals surface area contributed by atoms with Crippen molar-refractivity contribution in [1.82, 2.24) is 5.32 Å². The highest BCUT2D eigenvalue weighted by Gasteiger charge is 2.24. The second-order valence-corrected chi connectivity index (χ2v) is 15.5. The van der Waals surface area contributed by atoms with Gasteiger partial charge in [0, 0.05) is 27.7 Å². The predicted octanol–water partition coefficient (Wildman–Crippen LogP) is 9.61. The monoisotopic (exact) mass is 746 g/mol. The number of carbonyl (C=O) groups is 2. The topological polar surface area (TPSA) is 113 Å². The van der Waals surface area contributed by atoms with Crippen LogP contribution >= 0.6 is 46.4 Å². The number of halogens is 4. The van der Waals surface area contributed by atoms with Gasteiger partial charge in [-0.05, 0) is 70.5 Å². The number of anilines is 1. The summed E-state index contributed by atoms with van der Waals surface area (Å²) in [5, 5.41) is 6.74. The summed E-state index contributed by atoms with van der Waals surface area (Å²) in [6, 6.07) is 22.7. The SMILES string of the molecule is CC(C)(C)C=Cc1ccc(C(Cc2ccc(C(=O)NCCS(=O)(=O)O)cc2)C(=O)Nc2c(Cl)cc(-c3ccc(Cl)cc3Cl)cc2Cl)cc1. The third kappa shape index (κ3) is 10.8. The lowest BCUT2D eigenvalue weighted by Crippen LogP contribution is -2.28. The van der Waals surface area contributed by atoms with E-state index in [1.807, 2.05) is 30.3 Å². The standard InChI is InChI=1S/C36H34Cl4N2O5S/c1-36(2,3)15-14-22-4-8-24(9-5-22)29(18-23-6-10-25(11-7-23)34(43)41-16-17-48(45,46)47)35(44)42-33-31(39)19-26(20-32(33)40)28-13-12-27(37)21-30(28)38/h4-15,19-21,29H,16-18H2,1-3H3,(H,41,43)(H,42,44)(H,45,46,47). The first-order valence-electron chi connectivity index (χ1n) is 14.9. The molecule has 1 unspecified atom stereocenters. The minimum atomic E-state index is -4.20. The summed E-state index contributed by atoms with van der Waals surface area (Å²) in [4.78, 5) is 26.4. The summed E-state index contributed by atoms with van der Waals surface area (Å²) >= 11 is 25.8. The van der Waals surface area contributed by atoms with Crippen molar-refractivity contribution in [3.63, 3.8) is 0 Å². The van der Waals surface area contributed by atoms with Gasteiger partial charge in [0.1, 0.15) is 0 Å². The second kappa shape index (κ2) is 15.9. The number of benzene rings is 4. The molecule has 12 heteroatoms. The van der Waals surface area contributed by atoms with Crippen LogP contribution in [0, 0.1) is 5.41 Å². The highest BCUT2D eigenvalue weighted by atomic mass is 35.5. The molecule has 252 valence electrons. The molecule has 0 saturated heterocycles. The van der Waals surface area contributed by atoms with Crippen molar-refractivity contribution in [1.29, 1.82) is 0 Å². The zero-order chi connectivity index (χ0) is 35.2. The van der Waals surface area contributed by atoms with Gasteiger partial charge < -0.3 is 10.6 Å². The Hall–Kier alpha value is -3.37. The smallest absolute Gasteiger partial charge is 0.266 e. The average Bonchev–Trinajstić information content (AvgIpc) is 3.00. The van der Waals surface area contributed by atoms with E-state index in [4.69, 9.17) is 51.0 Å². The molecular weight excluding hydrogens is 714 g/mol. The summed E-state index contributed by atoms with van der Waals surface area (Å²) in [7, 11) is -4.20. The van der Waals surface area contributed by atoms with Crippen molar-refractivity contribution in [3.05, 3.63) is 127 Å². The van der Waals surface area contributed by atoms with Crippen LogP contribution in [0.3, 0.4) is 0 Å². The summed E-state index contributed by atoms with van der Waals surface area (Å²) in [6.45, 7) is 6.10. The number of hydrogen-bond acceptors (Lipinski definition) is 4. The van der Waals surface area contributed by atoms with Gasteiger partial charge in [-0.2, -0.15) is 8.42 Å². The van der Waals surface area contributed by atoms with Gasteiger partial charge in [0.2, 0.25) is 5.91 Å². The molecule has 2 amide bonds. The van der Waals surface area contributed by atoms with Gasteiger partial charge in [0.05, 0.1) is 27.4 Å². The fourth-order valence-corrected chi connectivity index (χ4v) is 6.21. The fourth-order valence-electron chi connectivity index (χ4n) is 4.75. The predicted molar refractivity (Wildman–Crippen MR) is 197 cm³/mol. The van der Waals surface area contributed by atoms with Crippen LogP contribution in [0.25, 0.3) is 17.2 Å². The molecule has 0 fully saturated rings. The van der Waals surface area contributed by atoms with Crippen LogP contribution in [0.5, 0.6) is 0 Å². The molecule has 0 aliphatic rings. The van der Waals surface area contributed by atoms with Crippen molar-refractivity contribution in [3.8, 4) is 11.1 Å². The van der Waals surface area contributed by atoms with E-state index in [-0.39, 0.29) is 40.0 Å². The molecule has 0 aliphatic heterocycles. The molecule has 4 rings (SSSR count). The van der Waals surface area contributed by atoms with Crippen molar-refractivity contribution < 1.29 is 22.6 Å². The quantitative estimate of drug-likeness (QED) is 0.132. The van der Waals surface area contributed by atoms with Gasteiger partial charge in [-0.15, -0.1) is 0 Å². The second-order valence-electron chi connectivity index (χ2n) is 12.3. The van der Waals surface area contributed by atoms with Crippen LogP contribution in [0.2, 0.25) is 20.1 Å². The maximum atomic E-state index is 14.0. The van der Waals surface area contributed by atoms with Crippen LogP contribution in [0.15, 0.2) is 84.9 Å². The number of nitrogens with one attached hydrogen (secondary N) is 2. The number of amides is 2. The van der Waals surface area contributed by atoms with Crippen LogP contribution < -0.4 is 10.6 Å². The minimum Gasteiger partial charge on any atom is -0.351 e. The van der Waals surface area contributed by atoms with Gasteiger partial charge in [0.15, 0.2) is 0 Å². The van der Waals surface area contributed by atoms with E-state index in [0.717, 1.165) is 16.7 Å². The zero-order valence-electron chi connectivity index (χ0n) is 26.4. The molecule has 0 heterocycles. The first-order valence-corrected chi connectivity index (χ1v) is 18.0. The number of hydrogen-bond donors (Lipinski definition) is 3. The Labute approximate surface area is 301 Å². The normalized spacial score (nSPS) is 12.6. The van der Waals surface area contributed by atoms with E-state index in [1.54, 1.807) is 54.6 Å². The van der Waals surface area contributed by atoms with E-state index >= 15 is 0 Å². The lowest BCUT2D eigenvalue weighted by molar-refractivity contribution is -0.117. The molecule has 48 heavy (non-hydrogen) atoms. The molecule has 3 N–H and O–H groups in total. The number of carbonyl (C=O) groups excluding carboxylic acids is 2. The molecule has 7 nitrogen and oxygen atoms in total. The summed E-state index contributed by atoms with van der Waals surface area (Å²) in [5.74, 6) is -2.10. The summed E-state index contributed by atoms with van der Waals surface area (Å²) in [5.41, 5.74) is 4.40. The van der Waals surface area contributed by atoms with Crippen molar-refractivity contribution in [2.24, 2.45) is 5.41 Å². The maximum absolute atomic E-state index is 14.0. The number of rotatable bonds is 11. The molecule has 1 atom stereocenters. The van der Waals surface area contributed by atoms with Crippen molar-refractivity contribution in [2.45, 2.75) is 33.1 Å². The van der Waals surface area contributed by atoms with Crippen molar-refractivity contribution >= 4 is 80.1 Å². The fraction of sp³-hybridized carbons (Fsp3) is 0.222. The van der Waals surface area contributed by atoms with Crippen LogP contribution in [0.1, 0.15) is 53.7 Å². The molecule has 0 radical (unpaired) electrons. The van der Waals surface area contributed by atoms with Crippen molar-refractivity contribution in [2.75, 3.05) is 17.6 Å². The van der Waals surface area contributed by atoms with Crippen LogP contribution in [0.4, 0.5) is 5.69 Å². The molecule has 4 aromatic carbocycles. The summed E-state index contributed by atoms with van der Waals surface area (Å²) in [6.07, 6.45) is 4.42. The van der Waals surface area contributed by atoms with E-state index in [9.17, 15) is 18.0 Å². The lowest BCUT2D eigenvalue weighted by Gasteiger charge is -2.20. The Morgan fingerprint density at radius 1 is 0.854 bits per heavy atom. The Morgan fingerprint density at radius 3 is 2.04 bits per heavy atom. The van der Waals surface area contributed by atoms with Gasteiger partial charge >= 0.3 is 0 Å². The highest BCUT2D eigenvalue weighted by Crippen LogP contribution is 2.39. The van der Waals surface area contributed by atoms with E-state index in [2.05, 4.69) is 37.5 Å². The Bertz CT molecular complexity index is 1920. The van der Waals surface area contributed by atoms with Gasteiger partial charge in [0.25, 0.3) is 16.0 Å². The first-order chi connectivity index (χ1) is 22.5. The minimum absolute atomic E-state index is 0.00761. The van der Waals surface area contributed by atoms with Crippen LogP contribution in [-0.2, 0) is 21.3 Å². The lowest BCUT2D eigenvalue weighted by atomic mass is 9.89. The van der Waals surface area contributed by atoms with Gasteiger partial charge in [-0.1, -0.05) is 122 Å². The summed E-state index contributed by atoms with van der Waals surface area (Å²) < 4.78 is 30.8. The van der Waals surface area contributed by atoms with E-state index in [1.165, 1.54) is 0 Å². The molecule has 0 bridgehead atoms. The van der Waals surface area contributed by atoms with E-state index in [0.29, 0.717) is 26.7 Å². The molecule has 0 aromatic heterocycles. The Kier molecular flexibility index (Phi) is 12.4. The highest BCUT2D eigenvalue weighted by molar-refractivity contribution is 7.85. The third-order valence-electron chi connectivity index (χ3n) is 7.27. The molecular formula is C36H34Cl4N2O5S. The molecule has 0 aliphatic carbocycles. The maximum Gasteiger partial charge on any atom is 0.266 e. The van der Waals surface area contributed by atoms with Gasteiger partial charge in [-0.25, -0.2) is 0 Å². The molecule has 0 saturated carbocycles. The Balaban J connectivity index is 1.60. The average molecular weight is 749 g/mol.